The molecule has 0 aliphatic rings. The van der Waals surface area contributed by atoms with Gasteiger partial charge in [0.25, 0.3) is 5.91 Å². The summed E-state index contributed by atoms with van der Waals surface area (Å²) in [6.07, 6.45) is 1.62. The van der Waals surface area contributed by atoms with Gasteiger partial charge in [0.05, 0.1) is 16.8 Å². The molecule has 0 saturated carbocycles. The quantitative estimate of drug-likeness (QED) is 0.587. The molecule has 3 aromatic heterocycles. The minimum Gasteiger partial charge on any atom is -0.331 e. The number of thiophene rings is 1. The number of benzene rings is 1. The van der Waals surface area contributed by atoms with E-state index in [0.717, 1.165) is 10.2 Å². The Hall–Kier alpha value is -2.99. The average Bonchev–Trinajstić information content (AvgIpc) is 3.20. The first kappa shape index (κ1) is 15.5. The third-order valence-electron chi connectivity index (χ3n) is 3.95. The minimum absolute atomic E-state index is 0.265. The molecule has 0 saturated heterocycles. The Bertz CT molecular complexity index is 1040. The molecular weight excluding hydrogens is 337 g/mol. The van der Waals surface area contributed by atoms with Crippen molar-refractivity contribution in [3.05, 3.63) is 83.2 Å². The van der Waals surface area contributed by atoms with E-state index in [2.05, 4.69) is 10.3 Å². The lowest BCUT2D eigenvalue weighted by Crippen LogP contribution is -2.18. The lowest BCUT2D eigenvalue weighted by Gasteiger charge is -2.11. The maximum Gasteiger partial charge on any atom is 0.273 e. The number of halogens is 1. The molecule has 124 valence electrons. The van der Waals surface area contributed by atoms with Crippen molar-refractivity contribution >= 4 is 33.3 Å². The molecule has 1 amide bonds. The van der Waals surface area contributed by atoms with Crippen LogP contribution in [0.4, 0.5) is 10.2 Å². The summed E-state index contributed by atoms with van der Waals surface area (Å²) in [6, 6.07) is 15.7. The fourth-order valence-electron chi connectivity index (χ4n) is 2.75. The van der Waals surface area contributed by atoms with Gasteiger partial charge in [-0.15, -0.1) is 11.3 Å². The number of amides is 1. The Morgan fingerprint density at radius 2 is 2.00 bits per heavy atom. The maximum atomic E-state index is 14.1. The number of pyridine rings is 1. The minimum atomic E-state index is -0.282. The van der Waals surface area contributed by atoms with Gasteiger partial charge in [0.1, 0.15) is 17.3 Å². The van der Waals surface area contributed by atoms with Crippen LogP contribution in [-0.4, -0.2) is 15.5 Å². The van der Waals surface area contributed by atoms with Crippen molar-refractivity contribution in [2.24, 2.45) is 0 Å². The predicted molar refractivity (Wildman–Crippen MR) is 97.5 cm³/mol. The van der Waals surface area contributed by atoms with Crippen molar-refractivity contribution < 1.29 is 9.18 Å². The average molecular weight is 351 g/mol. The van der Waals surface area contributed by atoms with Crippen molar-refractivity contribution in [2.45, 2.75) is 6.54 Å². The van der Waals surface area contributed by atoms with Crippen molar-refractivity contribution in [1.29, 1.82) is 0 Å². The Morgan fingerprint density at radius 3 is 2.80 bits per heavy atom. The highest BCUT2D eigenvalue weighted by molar-refractivity contribution is 7.17. The lowest BCUT2D eigenvalue weighted by molar-refractivity contribution is 0.101. The van der Waals surface area contributed by atoms with Gasteiger partial charge in [-0.3, -0.25) is 4.79 Å². The fraction of sp³-hybridized carbons (Fsp3) is 0.0526. The van der Waals surface area contributed by atoms with Crippen LogP contribution in [0.1, 0.15) is 16.1 Å². The van der Waals surface area contributed by atoms with Crippen molar-refractivity contribution in [3.8, 4) is 0 Å². The molecule has 1 aromatic carbocycles. The van der Waals surface area contributed by atoms with E-state index in [0.29, 0.717) is 17.1 Å². The Balaban J connectivity index is 1.73. The van der Waals surface area contributed by atoms with Gasteiger partial charge in [0.15, 0.2) is 0 Å². The van der Waals surface area contributed by atoms with Crippen LogP contribution in [0.2, 0.25) is 0 Å². The fourth-order valence-corrected chi connectivity index (χ4v) is 3.57. The zero-order chi connectivity index (χ0) is 17.2. The van der Waals surface area contributed by atoms with Crippen LogP contribution in [0, 0.1) is 5.82 Å². The van der Waals surface area contributed by atoms with E-state index in [1.165, 1.54) is 6.07 Å². The van der Waals surface area contributed by atoms with E-state index in [1.54, 1.807) is 53.9 Å². The second-order valence-corrected chi connectivity index (χ2v) is 6.49. The van der Waals surface area contributed by atoms with Gasteiger partial charge in [-0.25, -0.2) is 9.37 Å². The van der Waals surface area contributed by atoms with Crippen LogP contribution < -0.4 is 5.32 Å². The summed E-state index contributed by atoms with van der Waals surface area (Å²) in [5, 5.41) is 4.75. The van der Waals surface area contributed by atoms with Crippen LogP contribution in [0.15, 0.2) is 66.2 Å². The van der Waals surface area contributed by atoms with Crippen LogP contribution in [-0.2, 0) is 6.54 Å². The molecule has 0 fully saturated rings. The number of aromatic nitrogens is 2. The van der Waals surface area contributed by atoms with Gasteiger partial charge >= 0.3 is 0 Å². The summed E-state index contributed by atoms with van der Waals surface area (Å²) in [4.78, 5) is 16.8. The van der Waals surface area contributed by atoms with E-state index >= 15 is 0 Å². The van der Waals surface area contributed by atoms with Crippen LogP contribution in [0.3, 0.4) is 0 Å². The van der Waals surface area contributed by atoms with Crippen LogP contribution in [0.25, 0.3) is 10.2 Å². The molecule has 4 rings (SSSR count). The Kier molecular flexibility index (Phi) is 4.03. The molecule has 0 unspecified atom stereocenters. The smallest absolute Gasteiger partial charge is 0.273 e. The molecular formula is C19H14FN3OS. The zero-order valence-corrected chi connectivity index (χ0v) is 14.0. The molecule has 0 aliphatic heterocycles. The third kappa shape index (κ3) is 3.04. The Labute approximate surface area is 147 Å². The largest absolute Gasteiger partial charge is 0.331 e. The van der Waals surface area contributed by atoms with Gasteiger partial charge in [0.2, 0.25) is 0 Å². The highest BCUT2D eigenvalue weighted by Gasteiger charge is 2.18. The van der Waals surface area contributed by atoms with Crippen molar-refractivity contribution in [3.63, 3.8) is 0 Å². The number of nitrogens with one attached hydrogen (secondary N) is 1. The van der Waals surface area contributed by atoms with Crippen molar-refractivity contribution in [1.82, 2.24) is 9.55 Å². The first-order chi connectivity index (χ1) is 12.2. The molecule has 6 heteroatoms. The monoisotopic (exact) mass is 351 g/mol. The molecule has 25 heavy (non-hydrogen) atoms. The number of hydrogen-bond acceptors (Lipinski definition) is 3. The van der Waals surface area contributed by atoms with Gasteiger partial charge in [0, 0.05) is 11.8 Å². The van der Waals surface area contributed by atoms with E-state index in [9.17, 15) is 9.18 Å². The molecule has 4 nitrogen and oxygen atoms in total. The summed E-state index contributed by atoms with van der Waals surface area (Å²) in [5.41, 5.74) is 1.94. The van der Waals surface area contributed by atoms with E-state index in [-0.39, 0.29) is 18.3 Å². The second-order valence-electron chi connectivity index (χ2n) is 5.55. The number of carbonyl (C=O) groups excluding carboxylic acids is 1. The summed E-state index contributed by atoms with van der Waals surface area (Å²) >= 11 is 1.55. The highest BCUT2D eigenvalue weighted by atomic mass is 32.1. The number of carbonyl (C=O) groups is 1. The lowest BCUT2D eigenvalue weighted by atomic mass is 10.2. The maximum absolute atomic E-state index is 14.1. The van der Waals surface area contributed by atoms with E-state index in [4.69, 9.17) is 0 Å². The highest BCUT2D eigenvalue weighted by Crippen LogP contribution is 2.27. The molecule has 3 heterocycles. The predicted octanol–water partition coefficient (Wildman–Crippen LogP) is 4.54. The number of fused-ring (bicyclic) bond motifs is 1. The molecule has 4 aromatic rings. The van der Waals surface area contributed by atoms with Crippen molar-refractivity contribution in [2.75, 3.05) is 5.32 Å². The van der Waals surface area contributed by atoms with Crippen LogP contribution >= 0.6 is 11.3 Å². The number of rotatable bonds is 4. The first-order valence-electron chi connectivity index (χ1n) is 7.75. The van der Waals surface area contributed by atoms with Gasteiger partial charge < -0.3 is 9.88 Å². The molecule has 1 N–H and O–H groups in total. The van der Waals surface area contributed by atoms with Gasteiger partial charge in [-0.05, 0) is 35.7 Å². The number of anilines is 1. The molecule has 0 spiro atoms. The number of nitrogens with zero attached hydrogens (tertiary/aromatic N) is 2. The van der Waals surface area contributed by atoms with Gasteiger partial charge in [-0.1, -0.05) is 24.3 Å². The third-order valence-corrected chi connectivity index (χ3v) is 4.80. The normalized spacial score (nSPS) is 10.9. The summed E-state index contributed by atoms with van der Waals surface area (Å²) in [5.74, 6) is -0.0661. The van der Waals surface area contributed by atoms with E-state index in [1.807, 2.05) is 22.1 Å². The standard InChI is InChI=1S/C19H14FN3OS/c20-14-6-2-1-5-13(14)12-23-15-8-10-25-17(15)11-16(23)19(24)22-18-7-3-4-9-21-18/h1-11H,12H2,(H,21,22,24). The van der Waals surface area contributed by atoms with E-state index < -0.39 is 0 Å². The topological polar surface area (TPSA) is 46.9 Å². The molecule has 0 bridgehead atoms. The summed E-state index contributed by atoms with van der Waals surface area (Å²) in [6.45, 7) is 0.290. The van der Waals surface area contributed by atoms with Crippen LogP contribution in [0.5, 0.6) is 0 Å². The Morgan fingerprint density at radius 1 is 1.16 bits per heavy atom. The van der Waals surface area contributed by atoms with Gasteiger partial charge in [-0.2, -0.15) is 0 Å². The summed E-state index contributed by atoms with van der Waals surface area (Å²) in [7, 11) is 0. The number of hydrogen-bond donors (Lipinski definition) is 1. The summed E-state index contributed by atoms with van der Waals surface area (Å²) < 4.78 is 16.9. The molecule has 0 radical (unpaired) electrons. The SMILES string of the molecule is O=C(Nc1ccccn1)c1cc2sccc2n1Cc1ccccc1F. The first-order valence-corrected chi connectivity index (χ1v) is 8.63. The second kappa shape index (κ2) is 6.49. The molecule has 0 aliphatic carbocycles. The molecule has 0 atom stereocenters. The zero-order valence-electron chi connectivity index (χ0n) is 13.1.